The van der Waals surface area contributed by atoms with Crippen LogP contribution < -0.4 is 0 Å². The van der Waals surface area contributed by atoms with Gasteiger partial charge in [0.15, 0.2) is 0 Å². The lowest BCUT2D eigenvalue weighted by atomic mass is 9.73. The van der Waals surface area contributed by atoms with Crippen molar-refractivity contribution in [1.29, 1.82) is 0 Å². The van der Waals surface area contributed by atoms with Crippen molar-refractivity contribution in [3.63, 3.8) is 0 Å². The molecule has 3 unspecified atom stereocenters. The minimum atomic E-state index is -0.215. The minimum absolute atomic E-state index is 0. The van der Waals surface area contributed by atoms with E-state index in [0.29, 0.717) is 6.04 Å². The van der Waals surface area contributed by atoms with Gasteiger partial charge in [-0.3, -0.25) is 4.90 Å². The van der Waals surface area contributed by atoms with E-state index in [1.807, 2.05) is 0 Å². The number of hydrogen-bond acceptors (Lipinski definition) is 3. The van der Waals surface area contributed by atoms with Crippen LogP contribution in [0.15, 0.2) is 30.3 Å². The molecule has 1 heterocycles. The van der Waals surface area contributed by atoms with Crippen molar-refractivity contribution < 1.29 is 5.11 Å². The Balaban J connectivity index is 0.000000627. The van der Waals surface area contributed by atoms with Crippen LogP contribution in [0.2, 0.25) is 0 Å². The van der Waals surface area contributed by atoms with E-state index in [9.17, 15) is 5.11 Å². The Bertz CT molecular complexity index is 555. The van der Waals surface area contributed by atoms with Crippen LogP contribution in [0, 0.1) is 0 Å². The Labute approximate surface area is 191 Å². The van der Waals surface area contributed by atoms with Gasteiger partial charge in [-0.2, -0.15) is 0 Å². The number of aliphatic hydroxyl groups is 1. The van der Waals surface area contributed by atoms with Gasteiger partial charge in [-0.05, 0) is 45.8 Å². The van der Waals surface area contributed by atoms with Gasteiger partial charge in [0, 0.05) is 18.1 Å². The lowest BCUT2D eigenvalue weighted by molar-refractivity contribution is -0.0853. The summed E-state index contributed by atoms with van der Waals surface area (Å²) in [6.45, 7) is 3.31. The predicted molar refractivity (Wildman–Crippen MR) is 128 cm³/mol. The minimum Gasteiger partial charge on any atom is -0.391 e. The summed E-state index contributed by atoms with van der Waals surface area (Å²) in [6, 6.07) is 11.7. The first kappa shape index (κ1) is 26.7. The van der Waals surface area contributed by atoms with E-state index in [4.69, 9.17) is 0 Å². The highest BCUT2D eigenvalue weighted by atomic mass is 35.5. The number of nitrogens with zero attached hydrogens (tertiary/aromatic N) is 2. The molecule has 3 aliphatic rings. The number of rotatable bonds is 3. The number of halogens is 2. The molecule has 0 spiro atoms. The van der Waals surface area contributed by atoms with Gasteiger partial charge in [0.1, 0.15) is 0 Å². The average molecular weight is 446 g/mol. The highest BCUT2D eigenvalue weighted by molar-refractivity contribution is 5.85. The molecule has 4 rings (SSSR count). The van der Waals surface area contributed by atoms with E-state index in [2.05, 4.69) is 61.2 Å². The molecule has 0 radical (unpaired) electrons. The maximum atomic E-state index is 10.5. The molecule has 3 nitrogen and oxygen atoms in total. The van der Waals surface area contributed by atoms with Crippen LogP contribution in [0.5, 0.6) is 0 Å². The summed E-state index contributed by atoms with van der Waals surface area (Å²) in [5.74, 6) is 0. The van der Waals surface area contributed by atoms with Crippen molar-refractivity contribution in [1.82, 2.24) is 9.80 Å². The summed E-state index contributed by atoms with van der Waals surface area (Å²) >= 11 is 0. The molecule has 1 aromatic rings. The van der Waals surface area contributed by atoms with Gasteiger partial charge in [0.05, 0.1) is 12.1 Å². The zero-order chi connectivity index (χ0) is 19.3. The van der Waals surface area contributed by atoms with Gasteiger partial charge in [0.2, 0.25) is 0 Å². The molecule has 5 heteroatoms. The van der Waals surface area contributed by atoms with Crippen molar-refractivity contribution in [2.75, 3.05) is 20.6 Å². The molecule has 0 amide bonds. The summed E-state index contributed by atoms with van der Waals surface area (Å²) in [5.41, 5.74) is 1.63. The maximum absolute atomic E-state index is 10.5. The van der Waals surface area contributed by atoms with Crippen molar-refractivity contribution in [3.05, 3.63) is 35.9 Å². The molecule has 29 heavy (non-hydrogen) atoms. The van der Waals surface area contributed by atoms with E-state index in [0.717, 1.165) is 13.0 Å². The second-order valence-electron chi connectivity index (χ2n) is 9.12. The maximum Gasteiger partial charge on any atom is 0.0722 e. The molecule has 1 saturated heterocycles. The van der Waals surface area contributed by atoms with E-state index in [-0.39, 0.29) is 42.5 Å². The van der Waals surface area contributed by atoms with Gasteiger partial charge >= 0.3 is 0 Å². The van der Waals surface area contributed by atoms with Gasteiger partial charge in [-0.15, -0.1) is 24.8 Å². The van der Waals surface area contributed by atoms with Crippen LogP contribution in [0.4, 0.5) is 0 Å². The van der Waals surface area contributed by atoms with Gasteiger partial charge < -0.3 is 10.0 Å². The molecular weight excluding hydrogens is 403 g/mol. The first-order valence-corrected chi connectivity index (χ1v) is 11.2. The van der Waals surface area contributed by atoms with E-state index in [1.165, 1.54) is 63.4 Å². The second kappa shape index (κ2) is 12.5. The fraction of sp³-hybridized carbons (Fsp3) is 0.750. The topological polar surface area (TPSA) is 26.7 Å². The standard InChI is InChI=1S/C20H32N2O.C4H8.2ClH/c1-16-19(21(2)3)18(23)12-15-22(16)20(13-8-5-9-14-20)17-10-6-4-7-11-17;1-2-4-3-1;;/h4,6-7,10-11,16,18-19,23H,5,8-9,12-15H2,1-3H3;1-4H2;2*1H. The molecule has 1 aliphatic heterocycles. The zero-order valence-corrected chi connectivity index (χ0v) is 20.2. The largest absolute Gasteiger partial charge is 0.391 e. The third-order valence-electron chi connectivity index (χ3n) is 7.18. The Morgan fingerprint density at radius 3 is 1.90 bits per heavy atom. The summed E-state index contributed by atoms with van der Waals surface area (Å²) in [4.78, 5) is 4.93. The van der Waals surface area contributed by atoms with Crippen LogP contribution in [0.3, 0.4) is 0 Å². The highest BCUT2D eigenvalue weighted by Crippen LogP contribution is 2.45. The van der Waals surface area contributed by atoms with Gasteiger partial charge in [-0.1, -0.05) is 75.3 Å². The first-order chi connectivity index (χ1) is 13.1. The predicted octanol–water partition coefficient (Wildman–Crippen LogP) is 5.64. The SMILES string of the molecule is C1CCC1.CC1C(N(C)C)C(O)CCN1C1(c2ccccc2)CCCCC1.Cl.Cl. The number of benzene rings is 1. The monoisotopic (exact) mass is 444 g/mol. The van der Waals surface area contributed by atoms with Crippen molar-refractivity contribution in [3.8, 4) is 0 Å². The molecule has 2 aliphatic carbocycles. The zero-order valence-electron chi connectivity index (χ0n) is 18.6. The lowest BCUT2D eigenvalue weighted by Crippen LogP contribution is -2.64. The fourth-order valence-corrected chi connectivity index (χ4v) is 5.41. The number of aliphatic hydroxyl groups excluding tert-OH is 1. The van der Waals surface area contributed by atoms with Crippen molar-refractivity contribution in [2.45, 2.75) is 94.9 Å². The van der Waals surface area contributed by atoms with Gasteiger partial charge in [-0.25, -0.2) is 0 Å². The molecule has 3 atom stereocenters. The summed E-state index contributed by atoms with van der Waals surface area (Å²) in [7, 11) is 4.20. The van der Waals surface area contributed by atoms with Crippen LogP contribution >= 0.6 is 24.8 Å². The molecule has 2 saturated carbocycles. The normalized spacial score (nSPS) is 28.8. The number of likely N-dealkylation sites (N-methyl/N-ethyl adjacent to an activating group) is 1. The molecule has 168 valence electrons. The van der Waals surface area contributed by atoms with Crippen LogP contribution in [0.1, 0.15) is 76.7 Å². The van der Waals surface area contributed by atoms with Crippen LogP contribution in [0.25, 0.3) is 0 Å². The Morgan fingerprint density at radius 1 is 0.897 bits per heavy atom. The fourth-order valence-electron chi connectivity index (χ4n) is 5.41. The average Bonchev–Trinajstić information content (AvgIpc) is 2.61. The van der Waals surface area contributed by atoms with E-state index < -0.39 is 0 Å². The Morgan fingerprint density at radius 2 is 1.41 bits per heavy atom. The molecule has 3 fully saturated rings. The molecular formula is C24H42Cl2N2O. The van der Waals surface area contributed by atoms with Crippen molar-refractivity contribution in [2.24, 2.45) is 0 Å². The quantitative estimate of drug-likeness (QED) is 0.653. The number of piperidine rings is 1. The summed E-state index contributed by atoms with van der Waals surface area (Å²) in [6.07, 6.45) is 13.1. The third-order valence-corrected chi connectivity index (χ3v) is 7.18. The Hall–Kier alpha value is -0.320. The van der Waals surface area contributed by atoms with Crippen LogP contribution in [-0.2, 0) is 5.54 Å². The molecule has 1 N–H and O–H groups in total. The lowest BCUT2D eigenvalue weighted by Gasteiger charge is -2.55. The van der Waals surface area contributed by atoms with Crippen molar-refractivity contribution >= 4 is 24.8 Å². The van der Waals surface area contributed by atoms with Crippen LogP contribution in [-0.4, -0.2) is 53.7 Å². The summed E-state index contributed by atoms with van der Waals surface area (Å²) in [5, 5.41) is 10.5. The van der Waals surface area contributed by atoms with E-state index in [1.54, 1.807) is 0 Å². The second-order valence-corrected chi connectivity index (χ2v) is 9.12. The smallest absolute Gasteiger partial charge is 0.0722 e. The van der Waals surface area contributed by atoms with E-state index >= 15 is 0 Å². The summed E-state index contributed by atoms with van der Waals surface area (Å²) < 4.78 is 0. The Kier molecular flexibility index (Phi) is 11.5. The molecule has 0 bridgehead atoms. The first-order valence-electron chi connectivity index (χ1n) is 11.2. The third kappa shape index (κ3) is 6.11. The molecule has 1 aromatic carbocycles. The van der Waals surface area contributed by atoms with Gasteiger partial charge in [0.25, 0.3) is 0 Å². The molecule has 0 aromatic heterocycles. The highest BCUT2D eigenvalue weighted by Gasteiger charge is 2.47. The number of hydrogen-bond donors (Lipinski definition) is 1. The number of likely N-dealkylation sites (tertiary alicyclic amines) is 1.